The fourth-order valence-corrected chi connectivity index (χ4v) is 7.05. The standard InChI is InChI=1S/C36H38Cl3N3O5S/c1-5-47-33-14-10-9-13-31(33)42(48(45,46)29-19-17-27(37)18-20-29)24-34(43)41(23-26-15-16-28(38)22-30(26)39)32(35(44)40-36(2,3)4)21-25-11-7-6-8-12-25/h6-20,22,32H,5,21,23-24H2,1-4H3,(H,40,44)/t32-/m0/s1. The van der Waals surface area contributed by atoms with Crippen molar-refractivity contribution in [3.05, 3.63) is 123 Å². The number of para-hydroxylation sites is 2. The van der Waals surface area contributed by atoms with E-state index in [0.29, 0.717) is 20.6 Å². The Labute approximate surface area is 297 Å². The first-order valence-corrected chi connectivity index (χ1v) is 17.9. The van der Waals surface area contributed by atoms with Gasteiger partial charge < -0.3 is 15.0 Å². The van der Waals surface area contributed by atoms with Crippen LogP contribution in [0.1, 0.15) is 38.8 Å². The summed E-state index contributed by atoms with van der Waals surface area (Å²) in [4.78, 5) is 30.1. The lowest BCUT2D eigenvalue weighted by Gasteiger charge is -2.35. The number of amides is 2. The number of sulfonamides is 1. The minimum atomic E-state index is -4.36. The van der Waals surface area contributed by atoms with E-state index in [1.807, 2.05) is 51.1 Å². The number of rotatable bonds is 13. The fourth-order valence-electron chi connectivity index (χ4n) is 5.03. The van der Waals surface area contributed by atoms with Crippen molar-refractivity contribution in [2.75, 3.05) is 17.5 Å². The van der Waals surface area contributed by atoms with Gasteiger partial charge >= 0.3 is 0 Å². The molecule has 0 spiro atoms. The molecule has 254 valence electrons. The molecule has 48 heavy (non-hydrogen) atoms. The van der Waals surface area contributed by atoms with Crippen molar-refractivity contribution in [2.24, 2.45) is 0 Å². The van der Waals surface area contributed by atoms with E-state index in [1.54, 1.807) is 49.4 Å². The Balaban J connectivity index is 1.87. The van der Waals surface area contributed by atoms with Crippen LogP contribution in [0.5, 0.6) is 5.75 Å². The molecule has 4 rings (SSSR count). The van der Waals surface area contributed by atoms with Gasteiger partial charge in [0, 0.05) is 33.6 Å². The zero-order valence-electron chi connectivity index (χ0n) is 27.1. The van der Waals surface area contributed by atoms with Crippen LogP contribution in [0.2, 0.25) is 15.1 Å². The predicted molar refractivity (Wildman–Crippen MR) is 192 cm³/mol. The summed E-state index contributed by atoms with van der Waals surface area (Å²) in [5.74, 6) is -0.787. The van der Waals surface area contributed by atoms with E-state index < -0.39 is 40.0 Å². The number of nitrogens with zero attached hydrogens (tertiary/aromatic N) is 2. The summed E-state index contributed by atoms with van der Waals surface area (Å²) in [6.07, 6.45) is 0.152. The lowest BCUT2D eigenvalue weighted by atomic mass is 10.0. The number of ether oxygens (including phenoxy) is 1. The topological polar surface area (TPSA) is 96.0 Å². The molecular formula is C36H38Cl3N3O5S. The molecule has 1 atom stereocenters. The van der Waals surface area contributed by atoms with Gasteiger partial charge in [0.1, 0.15) is 18.3 Å². The van der Waals surface area contributed by atoms with Crippen LogP contribution in [-0.4, -0.2) is 49.9 Å². The van der Waals surface area contributed by atoms with E-state index in [-0.39, 0.29) is 35.9 Å². The molecule has 0 aromatic heterocycles. The van der Waals surface area contributed by atoms with Gasteiger partial charge in [-0.2, -0.15) is 0 Å². The molecule has 0 unspecified atom stereocenters. The van der Waals surface area contributed by atoms with Gasteiger partial charge in [-0.15, -0.1) is 0 Å². The van der Waals surface area contributed by atoms with Crippen LogP contribution in [0.3, 0.4) is 0 Å². The molecule has 0 aliphatic heterocycles. The van der Waals surface area contributed by atoms with Crippen molar-refractivity contribution in [3.8, 4) is 5.75 Å². The summed E-state index contributed by atoms with van der Waals surface area (Å²) in [5, 5.41) is 4.06. The summed E-state index contributed by atoms with van der Waals surface area (Å²) in [5.41, 5.74) is 0.863. The number of carbonyl (C=O) groups excluding carboxylic acids is 2. The zero-order valence-corrected chi connectivity index (χ0v) is 30.2. The van der Waals surface area contributed by atoms with E-state index in [2.05, 4.69) is 5.32 Å². The summed E-state index contributed by atoms with van der Waals surface area (Å²) >= 11 is 18.9. The minimum Gasteiger partial charge on any atom is -0.492 e. The summed E-state index contributed by atoms with van der Waals surface area (Å²) in [7, 11) is -4.36. The average Bonchev–Trinajstić information content (AvgIpc) is 3.02. The molecule has 8 nitrogen and oxygen atoms in total. The number of benzene rings is 4. The van der Waals surface area contributed by atoms with E-state index in [4.69, 9.17) is 39.5 Å². The maximum Gasteiger partial charge on any atom is 0.264 e. The third-order valence-corrected chi connectivity index (χ3v) is 9.85. The quantitative estimate of drug-likeness (QED) is 0.152. The molecule has 0 saturated carbocycles. The van der Waals surface area contributed by atoms with Crippen LogP contribution in [0.25, 0.3) is 0 Å². The van der Waals surface area contributed by atoms with Crippen molar-refractivity contribution in [3.63, 3.8) is 0 Å². The van der Waals surface area contributed by atoms with Gasteiger partial charge in [-0.05, 0) is 87.4 Å². The molecule has 4 aromatic carbocycles. The molecule has 0 aliphatic rings. The van der Waals surface area contributed by atoms with Gasteiger partial charge in [-0.25, -0.2) is 8.42 Å². The summed E-state index contributed by atoms with van der Waals surface area (Å²) in [6.45, 7) is 6.81. The molecule has 0 aliphatic carbocycles. The van der Waals surface area contributed by atoms with Crippen LogP contribution >= 0.6 is 34.8 Å². The van der Waals surface area contributed by atoms with E-state index in [1.165, 1.54) is 29.2 Å². The molecular weight excluding hydrogens is 693 g/mol. The van der Waals surface area contributed by atoms with Crippen molar-refractivity contribution in [1.29, 1.82) is 0 Å². The first kappa shape index (κ1) is 37.1. The lowest BCUT2D eigenvalue weighted by Crippen LogP contribution is -2.56. The van der Waals surface area contributed by atoms with Gasteiger partial charge in [0.05, 0.1) is 17.2 Å². The van der Waals surface area contributed by atoms with Crippen LogP contribution in [0.15, 0.2) is 102 Å². The Hall–Kier alpha value is -3.76. The molecule has 1 N–H and O–H groups in total. The van der Waals surface area contributed by atoms with Crippen molar-refractivity contribution < 1.29 is 22.7 Å². The van der Waals surface area contributed by atoms with Crippen LogP contribution in [-0.2, 0) is 32.6 Å². The minimum absolute atomic E-state index is 0.0791. The molecule has 0 fully saturated rings. The Morgan fingerprint density at radius 3 is 2.10 bits per heavy atom. The Kier molecular flexibility index (Phi) is 12.4. The number of nitrogens with one attached hydrogen (secondary N) is 1. The first-order chi connectivity index (χ1) is 22.7. The van der Waals surface area contributed by atoms with Crippen LogP contribution < -0.4 is 14.4 Å². The second-order valence-electron chi connectivity index (χ2n) is 12.1. The second kappa shape index (κ2) is 16.1. The van der Waals surface area contributed by atoms with E-state index in [9.17, 15) is 18.0 Å². The van der Waals surface area contributed by atoms with E-state index >= 15 is 0 Å². The molecule has 0 bridgehead atoms. The van der Waals surface area contributed by atoms with Gasteiger partial charge in [0.25, 0.3) is 10.0 Å². The molecule has 12 heteroatoms. The predicted octanol–water partition coefficient (Wildman–Crippen LogP) is 7.80. The maximum absolute atomic E-state index is 14.7. The third-order valence-electron chi connectivity index (χ3n) is 7.24. The SMILES string of the molecule is CCOc1ccccc1N(CC(=O)N(Cc1ccc(Cl)cc1Cl)[C@@H](Cc1ccccc1)C(=O)NC(C)(C)C)S(=O)(=O)c1ccc(Cl)cc1. The Bertz CT molecular complexity index is 1830. The monoisotopic (exact) mass is 729 g/mol. The third kappa shape index (κ3) is 9.66. The normalized spacial score (nSPS) is 12.2. The van der Waals surface area contributed by atoms with Gasteiger partial charge in [-0.1, -0.05) is 83.3 Å². The zero-order chi connectivity index (χ0) is 35.1. The molecule has 4 aromatic rings. The fraction of sp³-hybridized carbons (Fsp3) is 0.278. The molecule has 2 amide bonds. The average molecular weight is 731 g/mol. The molecule has 0 heterocycles. The highest BCUT2D eigenvalue weighted by molar-refractivity contribution is 7.92. The second-order valence-corrected chi connectivity index (χ2v) is 15.2. The summed E-state index contributed by atoms with van der Waals surface area (Å²) in [6, 6.07) is 25.4. The first-order valence-electron chi connectivity index (χ1n) is 15.3. The van der Waals surface area contributed by atoms with Crippen LogP contribution in [0, 0.1) is 0 Å². The maximum atomic E-state index is 14.7. The molecule has 0 radical (unpaired) electrons. The Morgan fingerprint density at radius 1 is 0.854 bits per heavy atom. The van der Waals surface area contributed by atoms with Crippen molar-refractivity contribution in [1.82, 2.24) is 10.2 Å². The summed E-state index contributed by atoms with van der Waals surface area (Å²) < 4.78 is 35.5. The van der Waals surface area contributed by atoms with Crippen LogP contribution in [0.4, 0.5) is 5.69 Å². The highest BCUT2D eigenvalue weighted by Crippen LogP contribution is 2.33. The van der Waals surface area contributed by atoms with Gasteiger partial charge in [-0.3, -0.25) is 13.9 Å². The molecule has 0 saturated heterocycles. The number of hydrogen-bond acceptors (Lipinski definition) is 5. The smallest absolute Gasteiger partial charge is 0.264 e. The van der Waals surface area contributed by atoms with E-state index in [0.717, 1.165) is 9.87 Å². The number of hydrogen-bond donors (Lipinski definition) is 1. The number of carbonyl (C=O) groups is 2. The van der Waals surface area contributed by atoms with Gasteiger partial charge in [0.2, 0.25) is 11.8 Å². The number of halogens is 3. The van der Waals surface area contributed by atoms with Gasteiger partial charge in [0.15, 0.2) is 0 Å². The Morgan fingerprint density at radius 2 is 1.48 bits per heavy atom. The highest BCUT2D eigenvalue weighted by atomic mass is 35.5. The lowest BCUT2D eigenvalue weighted by molar-refractivity contribution is -0.140. The highest BCUT2D eigenvalue weighted by Gasteiger charge is 2.36. The number of anilines is 1. The van der Waals surface area contributed by atoms with Crippen molar-refractivity contribution >= 4 is 62.3 Å². The largest absolute Gasteiger partial charge is 0.492 e. The van der Waals surface area contributed by atoms with Crippen molar-refractivity contribution in [2.45, 2.75) is 57.1 Å².